The van der Waals surface area contributed by atoms with E-state index in [1.165, 1.54) is 0 Å². The molecule has 0 aliphatic carbocycles. The molecule has 8 heteroatoms. The molecule has 0 aliphatic heterocycles. The fourth-order valence-corrected chi connectivity index (χ4v) is 4.24. The smallest absolute Gasteiger partial charge is 0.257 e. The van der Waals surface area contributed by atoms with Crippen molar-refractivity contribution in [3.63, 3.8) is 0 Å². The topological polar surface area (TPSA) is 63.4 Å². The number of fused-ring (bicyclic) bond motifs is 1. The molecular weight excluding hydrogens is 354 g/mol. The van der Waals surface area contributed by atoms with Crippen LogP contribution in [0.3, 0.4) is 0 Å². The minimum Gasteiger partial charge on any atom is -0.336 e. The van der Waals surface area contributed by atoms with E-state index in [1.54, 1.807) is 51.5 Å². The van der Waals surface area contributed by atoms with Gasteiger partial charge in [0.15, 0.2) is 5.65 Å². The Labute approximate surface area is 152 Å². The summed E-state index contributed by atoms with van der Waals surface area (Å²) in [5, 5.41) is 9.23. The van der Waals surface area contributed by atoms with Crippen molar-refractivity contribution >= 4 is 34.2 Å². The molecule has 1 amide bonds. The van der Waals surface area contributed by atoms with Gasteiger partial charge in [-0.2, -0.15) is 5.10 Å². The Bertz CT molecular complexity index is 1030. The fraction of sp³-hybridized carbons (Fsp3) is 0.176. The van der Waals surface area contributed by atoms with Gasteiger partial charge in [0.2, 0.25) is 0 Å². The maximum atomic E-state index is 12.8. The molecule has 4 aromatic rings. The Hall–Kier alpha value is -2.58. The molecule has 126 valence electrons. The molecule has 0 unspecified atom stereocenters. The van der Waals surface area contributed by atoms with E-state index in [2.05, 4.69) is 21.1 Å². The first kappa shape index (κ1) is 15.9. The molecule has 6 nitrogen and oxygen atoms in total. The number of aryl methyl sites for hydroxylation is 1. The van der Waals surface area contributed by atoms with E-state index in [4.69, 9.17) is 0 Å². The third kappa shape index (κ3) is 2.94. The van der Waals surface area contributed by atoms with Crippen LogP contribution in [0.25, 0.3) is 15.5 Å². The summed E-state index contributed by atoms with van der Waals surface area (Å²) in [7, 11) is 1.78. The van der Waals surface area contributed by atoms with Crippen molar-refractivity contribution in [3.8, 4) is 9.88 Å². The zero-order valence-electron chi connectivity index (χ0n) is 13.7. The minimum absolute atomic E-state index is 0.0897. The third-order valence-corrected chi connectivity index (χ3v) is 5.85. The Kier molecular flexibility index (Phi) is 4.06. The van der Waals surface area contributed by atoms with Gasteiger partial charge >= 0.3 is 0 Å². The van der Waals surface area contributed by atoms with Crippen molar-refractivity contribution in [2.45, 2.75) is 13.5 Å². The van der Waals surface area contributed by atoms with E-state index >= 15 is 0 Å². The predicted octanol–water partition coefficient (Wildman–Crippen LogP) is 3.49. The molecule has 0 fully saturated rings. The third-order valence-electron chi connectivity index (χ3n) is 3.92. The molecule has 4 rings (SSSR count). The van der Waals surface area contributed by atoms with Crippen LogP contribution in [-0.2, 0) is 6.54 Å². The molecule has 4 heterocycles. The van der Waals surface area contributed by atoms with E-state index in [0.717, 1.165) is 26.9 Å². The van der Waals surface area contributed by atoms with Crippen molar-refractivity contribution < 1.29 is 4.79 Å². The summed E-state index contributed by atoms with van der Waals surface area (Å²) in [4.78, 5) is 24.5. The highest BCUT2D eigenvalue weighted by Crippen LogP contribution is 2.28. The number of thiophene rings is 1. The molecule has 0 atom stereocenters. The number of thiazole rings is 1. The van der Waals surface area contributed by atoms with Gasteiger partial charge in [0.05, 0.1) is 34.6 Å². The molecule has 0 saturated carbocycles. The van der Waals surface area contributed by atoms with E-state index < -0.39 is 0 Å². The maximum Gasteiger partial charge on any atom is 0.257 e. The van der Waals surface area contributed by atoms with E-state index in [1.807, 2.05) is 29.8 Å². The Morgan fingerprint density at radius 2 is 2.20 bits per heavy atom. The quantitative estimate of drug-likeness (QED) is 0.552. The van der Waals surface area contributed by atoms with Gasteiger partial charge in [-0.05, 0) is 18.4 Å². The van der Waals surface area contributed by atoms with Crippen molar-refractivity contribution in [2.24, 2.45) is 0 Å². The van der Waals surface area contributed by atoms with Gasteiger partial charge in [-0.25, -0.2) is 14.5 Å². The van der Waals surface area contributed by atoms with Gasteiger partial charge in [-0.1, -0.05) is 6.07 Å². The van der Waals surface area contributed by atoms with Crippen LogP contribution in [0.2, 0.25) is 0 Å². The first-order chi connectivity index (χ1) is 12.1. The molecular formula is C17H15N5OS2. The number of hydrogen-bond donors (Lipinski definition) is 0. The molecule has 0 saturated heterocycles. The van der Waals surface area contributed by atoms with E-state index in [-0.39, 0.29) is 5.91 Å². The number of amides is 1. The summed E-state index contributed by atoms with van der Waals surface area (Å²) >= 11 is 3.26. The number of carbonyl (C=O) groups is 1. The average Bonchev–Trinajstić information content (AvgIpc) is 3.35. The van der Waals surface area contributed by atoms with Gasteiger partial charge in [-0.3, -0.25) is 4.79 Å². The number of rotatable bonds is 4. The lowest BCUT2D eigenvalue weighted by atomic mass is 10.2. The number of hydrogen-bond acceptors (Lipinski definition) is 6. The van der Waals surface area contributed by atoms with Crippen LogP contribution in [0.15, 0.2) is 41.4 Å². The first-order valence-corrected chi connectivity index (χ1v) is 9.42. The number of nitrogens with zero attached hydrogens (tertiary/aromatic N) is 5. The summed E-state index contributed by atoms with van der Waals surface area (Å²) in [5.74, 6) is -0.0897. The summed E-state index contributed by atoms with van der Waals surface area (Å²) in [6.07, 6.45) is 3.29. The zero-order chi connectivity index (χ0) is 17.4. The van der Waals surface area contributed by atoms with Crippen molar-refractivity contribution in [1.29, 1.82) is 0 Å². The average molecular weight is 369 g/mol. The predicted molar refractivity (Wildman–Crippen MR) is 98.9 cm³/mol. The second-order valence-electron chi connectivity index (χ2n) is 5.64. The van der Waals surface area contributed by atoms with Gasteiger partial charge in [0.25, 0.3) is 5.91 Å². The molecule has 0 bridgehead atoms. The highest BCUT2D eigenvalue weighted by molar-refractivity contribution is 7.20. The fourth-order valence-electron chi connectivity index (χ4n) is 2.61. The Morgan fingerprint density at radius 3 is 3.00 bits per heavy atom. The van der Waals surface area contributed by atoms with Crippen LogP contribution < -0.4 is 0 Å². The van der Waals surface area contributed by atoms with Crippen LogP contribution >= 0.6 is 22.7 Å². The van der Waals surface area contributed by atoms with E-state index in [0.29, 0.717) is 12.1 Å². The van der Waals surface area contributed by atoms with Gasteiger partial charge < -0.3 is 4.90 Å². The normalized spacial score (nSPS) is 11.1. The maximum absolute atomic E-state index is 12.8. The van der Waals surface area contributed by atoms with Gasteiger partial charge in [0, 0.05) is 24.7 Å². The lowest BCUT2D eigenvalue weighted by molar-refractivity contribution is 0.0781. The molecule has 0 spiro atoms. The standard InChI is InChI=1S/C17H15N5OS2/c1-11-13(8-18-15-5-6-19-22(11)15)17(23)21(2)9-12-10-25-16(20-12)14-4-3-7-24-14/h3-8,10H,9H2,1-2H3. The molecule has 0 aromatic carbocycles. The number of carbonyl (C=O) groups excluding carboxylic acids is 1. The van der Waals surface area contributed by atoms with Gasteiger partial charge in [0.1, 0.15) is 5.01 Å². The number of aromatic nitrogens is 4. The second-order valence-corrected chi connectivity index (χ2v) is 7.45. The molecule has 25 heavy (non-hydrogen) atoms. The van der Waals surface area contributed by atoms with Crippen LogP contribution in [0.5, 0.6) is 0 Å². The molecule has 0 radical (unpaired) electrons. The second kappa shape index (κ2) is 6.38. The Morgan fingerprint density at radius 1 is 1.32 bits per heavy atom. The highest BCUT2D eigenvalue weighted by Gasteiger charge is 2.18. The molecule has 4 aromatic heterocycles. The molecule has 0 aliphatic rings. The van der Waals surface area contributed by atoms with Crippen LogP contribution in [0.1, 0.15) is 21.7 Å². The zero-order valence-corrected chi connectivity index (χ0v) is 15.3. The van der Waals surface area contributed by atoms with Crippen LogP contribution in [-0.4, -0.2) is 37.4 Å². The summed E-state index contributed by atoms with van der Waals surface area (Å²) in [6.45, 7) is 2.33. The molecule has 0 N–H and O–H groups in total. The lowest BCUT2D eigenvalue weighted by Crippen LogP contribution is -2.27. The van der Waals surface area contributed by atoms with Crippen LogP contribution in [0.4, 0.5) is 0 Å². The first-order valence-electron chi connectivity index (χ1n) is 7.66. The van der Waals surface area contributed by atoms with Crippen molar-refractivity contribution in [3.05, 3.63) is 58.3 Å². The van der Waals surface area contributed by atoms with Gasteiger partial charge in [-0.15, -0.1) is 22.7 Å². The summed E-state index contributed by atoms with van der Waals surface area (Å²) in [5.41, 5.74) is 2.95. The van der Waals surface area contributed by atoms with Crippen molar-refractivity contribution in [2.75, 3.05) is 7.05 Å². The summed E-state index contributed by atoms with van der Waals surface area (Å²) < 4.78 is 1.68. The largest absolute Gasteiger partial charge is 0.336 e. The summed E-state index contributed by atoms with van der Waals surface area (Å²) in [6, 6.07) is 5.88. The monoisotopic (exact) mass is 369 g/mol. The highest BCUT2D eigenvalue weighted by atomic mass is 32.1. The van der Waals surface area contributed by atoms with E-state index in [9.17, 15) is 4.79 Å². The lowest BCUT2D eigenvalue weighted by Gasteiger charge is -2.17. The Balaban J connectivity index is 1.55. The SMILES string of the molecule is Cc1c(C(=O)N(C)Cc2csc(-c3cccs3)n2)cnc2ccnn12. The minimum atomic E-state index is -0.0897. The van der Waals surface area contributed by atoms with Crippen molar-refractivity contribution in [1.82, 2.24) is 24.5 Å². The van der Waals surface area contributed by atoms with Crippen LogP contribution in [0, 0.1) is 6.92 Å².